The number of nitrogens with zero attached hydrogens (tertiary/aromatic N) is 1. The van der Waals surface area contributed by atoms with E-state index in [0.717, 1.165) is 37.8 Å². The van der Waals surface area contributed by atoms with Crippen LogP contribution >= 0.6 is 0 Å². The summed E-state index contributed by atoms with van der Waals surface area (Å²) in [6, 6.07) is 3.55. The summed E-state index contributed by atoms with van der Waals surface area (Å²) in [7, 11) is 0. The molecule has 3 nitrogen and oxygen atoms in total. The number of nitrogens with one attached hydrogen (secondary N) is 1. The van der Waals surface area contributed by atoms with Crippen LogP contribution in [0.5, 0.6) is 0 Å². The Labute approximate surface area is 120 Å². The van der Waals surface area contributed by atoms with Crippen molar-refractivity contribution in [1.29, 1.82) is 0 Å². The van der Waals surface area contributed by atoms with Gasteiger partial charge in [-0.05, 0) is 49.8 Å². The molecule has 1 aliphatic rings. The number of hydrogen-bond donors (Lipinski definition) is 2. The zero-order valence-corrected chi connectivity index (χ0v) is 11.8. The first-order valence-electron chi connectivity index (χ1n) is 7.14. The van der Waals surface area contributed by atoms with Crippen molar-refractivity contribution in [3.63, 3.8) is 0 Å². The molecule has 0 atom stereocenters. The summed E-state index contributed by atoms with van der Waals surface area (Å²) in [6.07, 6.45) is -0.705. The molecule has 2 aromatic rings. The Morgan fingerprint density at radius 3 is 2.57 bits per heavy atom. The van der Waals surface area contributed by atoms with Gasteiger partial charge in [-0.1, -0.05) is 6.92 Å². The summed E-state index contributed by atoms with van der Waals surface area (Å²) in [6.45, 7) is 2.19. The number of alkyl halides is 3. The molecule has 1 fully saturated rings. The standard InChI is InChI=1S/C15H18F3N3/c1-9-4-6-14(19,7-5-9)13-20-11-3-2-10(15(16,17)18)8-12(11)21-13/h2-3,8-9H,4-7,19H2,1H3,(H,20,21). The van der Waals surface area contributed by atoms with Crippen molar-refractivity contribution in [2.24, 2.45) is 11.7 Å². The van der Waals surface area contributed by atoms with Gasteiger partial charge >= 0.3 is 6.18 Å². The lowest BCUT2D eigenvalue weighted by Crippen LogP contribution is -2.41. The Morgan fingerprint density at radius 1 is 1.29 bits per heavy atom. The van der Waals surface area contributed by atoms with Crippen molar-refractivity contribution < 1.29 is 13.2 Å². The van der Waals surface area contributed by atoms with Crippen LogP contribution in [0.3, 0.4) is 0 Å². The van der Waals surface area contributed by atoms with Crippen molar-refractivity contribution in [1.82, 2.24) is 9.97 Å². The molecule has 0 spiro atoms. The zero-order chi connectivity index (χ0) is 15.3. The summed E-state index contributed by atoms with van der Waals surface area (Å²) >= 11 is 0. The third kappa shape index (κ3) is 2.64. The summed E-state index contributed by atoms with van der Waals surface area (Å²) < 4.78 is 38.2. The minimum absolute atomic E-state index is 0.392. The van der Waals surface area contributed by atoms with E-state index >= 15 is 0 Å². The molecule has 0 unspecified atom stereocenters. The molecule has 3 N–H and O–H groups in total. The lowest BCUT2D eigenvalue weighted by molar-refractivity contribution is -0.137. The summed E-state index contributed by atoms with van der Waals surface area (Å²) in [5, 5.41) is 0. The van der Waals surface area contributed by atoms with Crippen molar-refractivity contribution in [2.75, 3.05) is 0 Å². The number of H-pyrrole nitrogens is 1. The van der Waals surface area contributed by atoms with Gasteiger partial charge in [-0.2, -0.15) is 13.2 Å². The predicted octanol–water partition coefficient (Wildman–Crippen LogP) is 3.95. The minimum Gasteiger partial charge on any atom is -0.340 e. The van der Waals surface area contributed by atoms with Crippen LogP contribution in [0.25, 0.3) is 11.0 Å². The van der Waals surface area contributed by atoms with Crippen molar-refractivity contribution in [2.45, 2.75) is 44.3 Å². The maximum Gasteiger partial charge on any atom is 0.416 e. The SMILES string of the molecule is CC1CCC(N)(c2nc3ccc(C(F)(F)F)cc3[nH]2)CC1. The highest BCUT2D eigenvalue weighted by Crippen LogP contribution is 2.37. The van der Waals surface area contributed by atoms with Gasteiger partial charge < -0.3 is 10.7 Å². The van der Waals surface area contributed by atoms with E-state index in [1.165, 1.54) is 6.07 Å². The molecule has 1 aliphatic carbocycles. The van der Waals surface area contributed by atoms with Crippen LogP contribution < -0.4 is 5.73 Å². The molecule has 0 amide bonds. The fourth-order valence-electron chi connectivity index (χ4n) is 2.94. The predicted molar refractivity (Wildman–Crippen MR) is 74.6 cm³/mol. The molecular formula is C15H18F3N3. The van der Waals surface area contributed by atoms with E-state index in [0.29, 0.717) is 22.8 Å². The van der Waals surface area contributed by atoms with Crippen LogP contribution in [0.1, 0.15) is 44.0 Å². The Hall–Kier alpha value is -1.56. The first-order chi connectivity index (χ1) is 9.78. The molecular weight excluding hydrogens is 279 g/mol. The highest BCUT2D eigenvalue weighted by molar-refractivity contribution is 5.76. The van der Waals surface area contributed by atoms with Gasteiger partial charge in [-0.3, -0.25) is 0 Å². The molecule has 1 saturated carbocycles. The molecule has 1 heterocycles. The number of hydrogen-bond acceptors (Lipinski definition) is 2. The van der Waals surface area contributed by atoms with Gasteiger partial charge in [0.05, 0.1) is 22.1 Å². The second-order valence-electron chi connectivity index (χ2n) is 6.15. The Morgan fingerprint density at radius 2 is 1.95 bits per heavy atom. The average Bonchev–Trinajstić information content (AvgIpc) is 2.85. The number of aromatic amines is 1. The summed E-state index contributed by atoms with van der Waals surface area (Å²) in [5.74, 6) is 1.24. The molecule has 1 aromatic heterocycles. The van der Waals surface area contributed by atoms with Gasteiger partial charge in [0.2, 0.25) is 0 Å². The van der Waals surface area contributed by atoms with Crippen LogP contribution in [0.2, 0.25) is 0 Å². The number of aromatic nitrogens is 2. The van der Waals surface area contributed by atoms with E-state index < -0.39 is 17.3 Å². The lowest BCUT2D eigenvalue weighted by atomic mass is 9.77. The molecule has 0 saturated heterocycles. The maximum absolute atomic E-state index is 12.7. The largest absolute Gasteiger partial charge is 0.416 e. The molecule has 0 bridgehead atoms. The number of halogens is 3. The number of rotatable bonds is 1. The quantitative estimate of drug-likeness (QED) is 0.837. The van der Waals surface area contributed by atoms with Crippen LogP contribution in [0.15, 0.2) is 18.2 Å². The van der Waals surface area contributed by atoms with E-state index in [2.05, 4.69) is 16.9 Å². The lowest BCUT2D eigenvalue weighted by Gasteiger charge is -2.34. The summed E-state index contributed by atoms with van der Waals surface area (Å²) in [5.41, 5.74) is 6.11. The average molecular weight is 297 g/mol. The first-order valence-corrected chi connectivity index (χ1v) is 7.14. The number of benzene rings is 1. The molecule has 21 heavy (non-hydrogen) atoms. The van der Waals surface area contributed by atoms with E-state index in [1.54, 1.807) is 0 Å². The Kier molecular flexibility index (Phi) is 3.24. The van der Waals surface area contributed by atoms with Gasteiger partial charge in [-0.15, -0.1) is 0 Å². The van der Waals surface area contributed by atoms with E-state index in [9.17, 15) is 13.2 Å². The molecule has 0 aliphatic heterocycles. The van der Waals surface area contributed by atoms with E-state index in [-0.39, 0.29) is 0 Å². The van der Waals surface area contributed by atoms with Gasteiger partial charge in [0.15, 0.2) is 0 Å². The fraction of sp³-hybridized carbons (Fsp3) is 0.533. The second-order valence-corrected chi connectivity index (χ2v) is 6.15. The van der Waals surface area contributed by atoms with Crippen LogP contribution in [0.4, 0.5) is 13.2 Å². The topological polar surface area (TPSA) is 54.7 Å². The van der Waals surface area contributed by atoms with Crippen LogP contribution in [0, 0.1) is 5.92 Å². The highest BCUT2D eigenvalue weighted by Gasteiger charge is 2.35. The smallest absolute Gasteiger partial charge is 0.340 e. The fourth-order valence-corrected chi connectivity index (χ4v) is 2.94. The molecule has 1 aromatic carbocycles. The Balaban J connectivity index is 1.98. The number of nitrogens with two attached hydrogens (primary N) is 1. The highest BCUT2D eigenvalue weighted by atomic mass is 19.4. The third-order valence-electron chi connectivity index (χ3n) is 4.45. The first kappa shape index (κ1) is 14.4. The molecule has 3 rings (SSSR count). The minimum atomic E-state index is -4.35. The van der Waals surface area contributed by atoms with Gasteiger partial charge in [-0.25, -0.2) is 4.98 Å². The van der Waals surface area contributed by atoms with Gasteiger partial charge in [0.1, 0.15) is 5.82 Å². The monoisotopic (exact) mass is 297 g/mol. The number of fused-ring (bicyclic) bond motifs is 1. The molecule has 6 heteroatoms. The molecule has 114 valence electrons. The van der Waals surface area contributed by atoms with E-state index in [4.69, 9.17) is 5.73 Å². The van der Waals surface area contributed by atoms with Crippen molar-refractivity contribution in [3.05, 3.63) is 29.6 Å². The number of imidazole rings is 1. The van der Waals surface area contributed by atoms with E-state index in [1.807, 2.05) is 0 Å². The molecule has 0 radical (unpaired) electrons. The van der Waals surface area contributed by atoms with Crippen molar-refractivity contribution >= 4 is 11.0 Å². The zero-order valence-electron chi connectivity index (χ0n) is 11.8. The van der Waals surface area contributed by atoms with Crippen LogP contribution in [-0.2, 0) is 11.7 Å². The summed E-state index contributed by atoms with van der Waals surface area (Å²) in [4.78, 5) is 7.41. The normalized spacial score (nSPS) is 27.2. The van der Waals surface area contributed by atoms with Gasteiger partial charge in [0.25, 0.3) is 0 Å². The van der Waals surface area contributed by atoms with Crippen molar-refractivity contribution in [3.8, 4) is 0 Å². The van der Waals surface area contributed by atoms with Gasteiger partial charge in [0, 0.05) is 0 Å². The Bertz CT molecular complexity index is 652. The second kappa shape index (κ2) is 4.73. The maximum atomic E-state index is 12.7. The van der Waals surface area contributed by atoms with Crippen LogP contribution in [-0.4, -0.2) is 9.97 Å². The third-order valence-corrected chi connectivity index (χ3v) is 4.45.